The lowest BCUT2D eigenvalue weighted by atomic mass is 9.79. The van der Waals surface area contributed by atoms with Gasteiger partial charge in [0, 0.05) is 6.54 Å². The van der Waals surface area contributed by atoms with Crippen LogP contribution in [0.2, 0.25) is 0 Å². The molecule has 0 spiro atoms. The summed E-state index contributed by atoms with van der Waals surface area (Å²) in [4.78, 5) is 0. The fourth-order valence-electron chi connectivity index (χ4n) is 3.48. The van der Waals surface area contributed by atoms with Crippen LogP contribution in [-0.4, -0.2) is 24.8 Å². The van der Waals surface area contributed by atoms with Crippen LogP contribution in [0.4, 0.5) is 0 Å². The first kappa shape index (κ1) is 14.3. The normalized spacial score (nSPS) is 34.0. The van der Waals surface area contributed by atoms with Gasteiger partial charge in [0.25, 0.3) is 0 Å². The minimum Gasteiger partial charge on any atom is -0.370 e. The Bertz CT molecular complexity index is 227. The fraction of sp³-hybridized carbons (Fsp3) is 1.00. The van der Waals surface area contributed by atoms with Gasteiger partial charge >= 0.3 is 0 Å². The molecule has 0 amide bonds. The van der Waals surface area contributed by atoms with Gasteiger partial charge in [-0.25, -0.2) is 0 Å². The molecule has 2 rings (SSSR count). The molecule has 0 radical (unpaired) electrons. The van der Waals surface area contributed by atoms with Gasteiger partial charge in [-0.3, -0.25) is 0 Å². The van der Waals surface area contributed by atoms with Crippen molar-refractivity contribution in [2.75, 3.05) is 13.1 Å². The van der Waals surface area contributed by atoms with Crippen molar-refractivity contribution in [3.63, 3.8) is 0 Å². The molecular weight excluding hydrogens is 222 g/mol. The minimum atomic E-state index is 0.163. The second kappa shape index (κ2) is 6.91. The van der Waals surface area contributed by atoms with E-state index in [1.165, 1.54) is 57.8 Å². The average molecular weight is 253 g/mol. The maximum atomic E-state index is 6.57. The number of rotatable bonds is 6. The highest BCUT2D eigenvalue weighted by Gasteiger charge is 2.37. The average Bonchev–Trinajstić information content (AvgIpc) is 2.86. The molecule has 0 aromatic rings. The Labute approximate surface area is 113 Å². The van der Waals surface area contributed by atoms with Gasteiger partial charge in [-0.15, -0.1) is 0 Å². The molecular formula is C16H31NO. The van der Waals surface area contributed by atoms with Crippen LogP contribution in [0.1, 0.15) is 71.6 Å². The monoisotopic (exact) mass is 253 g/mol. The minimum absolute atomic E-state index is 0.163. The Morgan fingerprint density at radius 3 is 2.39 bits per heavy atom. The van der Waals surface area contributed by atoms with E-state index < -0.39 is 0 Å². The molecule has 1 N–H and O–H groups in total. The highest BCUT2D eigenvalue weighted by Crippen LogP contribution is 2.37. The Hall–Kier alpha value is -0.0800. The van der Waals surface area contributed by atoms with E-state index in [2.05, 4.69) is 19.2 Å². The van der Waals surface area contributed by atoms with Crippen LogP contribution in [0.5, 0.6) is 0 Å². The van der Waals surface area contributed by atoms with Crippen molar-refractivity contribution >= 4 is 0 Å². The molecule has 0 bridgehead atoms. The summed E-state index contributed by atoms with van der Waals surface area (Å²) in [5, 5.41) is 3.61. The molecule has 0 unspecified atom stereocenters. The molecule has 18 heavy (non-hydrogen) atoms. The summed E-state index contributed by atoms with van der Waals surface area (Å²) in [5.41, 5.74) is 0.163. The molecule has 0 atom stereocenters. The zero-order valence-corrected chi connectivity index (χ0v) is 12.3. The molecule has 106 valence electrons. The van der Waals surface area contributed by atoms with Crippen molar-refractivity contribution in [1.29, 1.82) is 0 Å². The molecule has 0 aliphatic heterocycles. The molecule has 0 aromatic carbocycles. The van der Waals surface area contributed by atoms with E-state index in [0.717, 1.165) is 19.0 Å². The fourth-order valence-corrected chi connectivity index (χ4v) is 3.48. The van der Waals surface area contributed by atoms with Crippen molar-refractivity contribution < 1.29 is 4.74 Å². The van der Waals surface area contributed by atoms with Crippen LogP contribution in [0.3, 0.4) is 0 Å². The second-order valence-corrected chi connectivity index (χ2v) is 6.57. The quantitative estimate of drug-likeness (QED) is 0.725. The Morgan fingerprint density at radius 2 is 1.78 bits per heavy atom. The largest absolute Gasteiger partial charge is 0.370 e. The zero-order chi connectivity index (χ0) is 12.8. The molecule has 0 aromatic heterocycles. The smallest absolute Gasteiger partial charge is 0.0810 e. The van der Waals surface area contributed by atoms with Gasteiger partial charge in [-0.2, -0.15) is 0 Å². The predicted molar refractivity (Wildman–Crippen MR) is 76.9 cm³/mol. The SMILES string of the molecule is CCCNCC1(OC2CCCC2)CCC(C)CC1. The lowest BCUT2D eigenvalue weighted by Crippen LogP contribution is -2.47. The molecule has 2 heteroatoms. The van der Waals surface area contributed by atoms with Crippen LogP contribution in [0.15, 0.2) is 0 Å². The summed E-state index contributed by atoms with van der Waals surface area (Å²) in [6.45, 7) is 6.83. The molecule has 2 saturated carbocycles. The van der Waals surface area contributed by atoms with E-state index in [0.29, 0.717) is 6.10 Å². The first-order valence-corrected chi connectivity index (χ1v) is 8.13. The maximum Gasteiger partial charge on any atom is 0.0810 e. The van der Waals surface area contributed by atoms with Crippen molar-refractivity contribution in [1.82, 2.24) is 5.32 Å². The standard InChI is InChI=1S/C16H31NO/c1-3-12-17-13-16(10-8-14(2)9-11-16)18-15-6-4-5-7-15/h14-15,17H,3-13H2,1-2H3. The Balaban J connectivity index is 1.88. The topological polar surface area (TPSA) is 21.3 Å². The van der Waals surface area contributed by atoms with E-state index in [4.69, 9.17) is 4.74 Å². The Morgan fingerprint density at radius 1 is 1.11 bits per heavy atom. The first-order valence-electron chi connectivity index (χ1n) is 8.13. The van der Waals surface area contributed by atoms with E-state index in [-0.39, 0.29) is 5.60 Å². The summed E-state index contributed by atoms with van der Waals surface area (Å²) in [5.74, 6) is 0.900. The number of nitrogens with one attached hydrogen (secondary N) is 1. The van der Waals surface area contributed by atoms with E-state index in [1.54, 1.807) is 0 Å². The summed E-state index contributed by atoms with van der Waals surface area (Å²) < 4.78 is 6.57. The number of hydrogen-bond donors (Lipinski definition) is 1. The molecule has 2 aliphatic rings. The molecule has 0 saturated heterocycles. The Kier molecular flexibility index (Phi) is 5.50. The van der Waals surface area contributed by atoms with Gasteiger partial charge in [0.2, 0.25) is 0 Å². The van der Waals surface area contributed by atoms with Crippen molar-refractivity contribution in [3.8, 4) is 0 Å². The molecule has 2 nitrogen and oxygen atoms in total. The second-order valence-electron chi connectivity index (χ2n) is 6.57. The van der Waals surface area contributed by atoms with Crippen LogP contribution in [0.25, 0.3) is 0 Å². The highest BCUT2D eigenvalue weighted by molar-refractivity contribution is 4.90. The van der Waals surface area contributed by atoms with E-state index in [1.807, 2.05) is 0 Å². The van der Waals surface area contributed by atoms with Gasteiger partial charge in [0.1, 0.15) is 0 Å². The van der Waals surface area contributed by atoms with Crippen LogP contribution in [-0.2, 0) is 4.74 Å². The molecule has 0 heterocycles. The van der Waals surface area contributed by atoms with Gasteiger partial charge in [0.15, 0.2) is 0 Å². The summed E-state index contributed by atoms with van der Waals surface area (Å²) in [6, 6.07) is 0. The van der Waals surface area contributed by atoms with Gasteiger partial charge in [-0.05, 0) is 57.4 Å². The maximum absolute atomic E-state index is 6.57. The highest BCUT2D eigenvalue weighted by atomic mass is 16.5. The lowest BCUT2D eigenvalue weighted by molar-refractivity contribution is -0.114. The molecule has 2 aliphatic carbocycles. The van der Waals surface area contributed by atoms with Crippen LogP contribution in [0, 0.1) is 5.92 Å². The summed E-state index contributed by atoms with van der Waals surface area (Å²) >= 11 is 0. The predicted octanol–water partition coefficient (Wildman–Crippen LogP) is 3.89. The van der Waals surface area contributed by atoms with Crippen molar-refractivity contribution in [2.45, 2.75) is 83.3 Å². The van der Waals surface area contributed by atoms with Crippen LogP contribution < -0.4 is 5.32 Å². The number of hydrogen-bond acceptors (Lipinski definition) is 2. The van der Waals surface area contributed by atoms with Gasteiger partial charge in [-0.1, -0.05) is 26.7 Å². The third-order valence-electron chi connectivity index (χ3n) is 4.78. The third kappa shape index (κ3) is 3.96. The van der Waals surface area contributed by atoms with Gasteiger partial charge in [0.05, 0.1) is 11.7 Å². The van der Waals surface area contributed by atoms with Gasteiger partial charge < -0.3 is 10.1 Å². The third-order valence-corrected chi connectivity index (χ3v) is 4.78. The lowest BCUT2D eigenvalue weighted by Gasteiger charge is -2.41. The molecule has 2 fully saturated rings. The first-order chi connectivity index (χ1) is 8.74. The van der Waals surface area contributed by atoms with Crippen molar-refractivity contribution in [3.05, 3.63) is 0 Å². The van der Waals surface area contributed by atoms with E-state index in [9.17, 15) is 0 Å². The summed E-state index contributed by atoms with van der Waals surface area (Å²) in [6.07, 6.45) is 12.3. The summed E-state index contributed by atoms with van der Waals surface area (Å²) in [7, 11) is 0. The zero-order valence-electron chi connectivity index (χ0n) is 12.3. The number of ether oxygens (including phenoxy) is 1. The van der Waals surface area contributed by atoms with Crippen LogP contribution >= 0.6 is 0 Å². The van der Waals surface area contributed by atoms with Crippen molar-refractivity contribution in [2.24, 2.45) is 5.92 Å². The van der Waals surface area contributed by atoms with E-state index >= 15 is 0 Å².